The first-order chi connectivity index (χ1) is 8.65. The molecule has 0 aliphatic carbocycles. The van der Waals surface area contributed by atoms with Gasteiger partial charge in [-0.1, -0.05) is 13.3 Å². The van der Waals surface area contributed by atoms with E-state index in [2.05, 4.69) is 11.8 Å². The number of carbonyl (C=O) groups excluding carboxylic acids is 1. The van der Waals surface area contributed by atoms with E-state index in [-0.39, 0.29) is 5.91 Å². The molecule has 1 amide bonds. The summed E-state index contributed by atoms with van der Waals surface area (Å²) in [6.07, 6.45) is 2.30. The molecule has 4 heteroatoms. The van der Waals surface area contributed by atoms with E-state index in [0.717, 1.165) is 45.6 Å². The van der Waals surface area contributed by atoms with Gasteiger partial charge in [0.15, 0.2) is 0 Å². The third-order valence-electron chi connectivity index (χ3n) is 4.28. The van der Waals surface area contributed by atoms with Crippen molar-refractivity contribution in [2.24, 2.45) is 17.6 Å². The first-order valence-electron chi connectivity index (χ1n) is 7.36. The lowest BCUT2D eigenvalue weighted by atomic mass is 9.84. The summed E-state index contributed by atoms with van der Waals surface area (Å²) in [4.78, 5) is 16.3. The minimum Gasteiger partial charge on any atom is -0.342 e. The predicted octanol–water partition coefficient (Wildman–Crippen LogP) is 1.16. The van der Waals surface area contributed by atoms with Crippen LogP contribution in [0, 0.1) is 11.8 Å². The molecule has 1 aliphatic rings. The Labute approximate surface area is 111 Å². The summed E-state index contributed by atoms with van der Waals surface area (Å²) >= 11 is 0. The predicted molar refractivity (Wildman–Crippen MR) is 75.3 cm³/mol. The summed E-state index contributed by atoms with van der Waals surface area (Å²) in [6, 6.07) is 0. The molecule has 1 fully saturated rings. The van der Waals surface area contributed by atoms with E-state index in [0.29, 0.717) is 18.4 Å². The number of likely N-dealkylation sites (tertiary alicyclic amines) is 1. The molecule has 1 saturated heterocycles. The fourth-order valence-electron chi connectivity index (χ4n) is 2.94. The van der Waals surface area contributed by atoms with Crippen LogP contribution in [0.15, 0.2) is 0 Å². The monoisotopic (exact) mass is 255 g/mol. The molecule has 2 N–H and O–H groups in total. The average molecular weight is 255 g/mol. The molecule has 2 unspecified atom stereocenters. The van der Waals surface area contributed by atoms with Crippen LogP contribution in [-0.4, -0.2) is 55.0 Å². The van der Waals surface area contributed by atoms with Crippen LogP contribution in [0.25, 0.3) is 0 Å². The zero-order valence-electron chi connectivity index (χ0n) is 12.2. The summed E-state index contributed by atoms with van der Waals surface area (Å²) in [5.41, 5.74) is 5.81. The maximum absolute atomic E-state index is 12.1. The Balaban J connectivity index is 2.47. The molecule has 0 aromatic heterocycles. The van der Waals surface area contributed by atoms with Gasteiger partial charge in [-0.2, -0.15) is 0 Å². The maximum atomic E-state index is 12.1. The molecule has 0 aromatic carbocycles. The number of hydrogen-bond donors (Lipinski definition) is 1. The Morgan fingerprint density at radius 1 is 1.28 bits per heavy atom. The first-order valence-corrected chi connectivity index (χ1v) is 7.36. The van der Waals surface area contributed by atoms with Crippen LogP contribution >= 0.6 is 0 Å². The van der Waals surface area contributed by atoms with Crippen LogP contribution in [-0.2, 0) is 4.79 Å². The van der Waals surface area contributed by atoms with Gasteiger partial charge in [-0.05, 0) is 45.2 Å². The van der Waals surface area contributed by atoms with Crippen molar-refractivity contribution in [3.63, 3.8) is 0 Å². The largest absolute Gasteiger partial charge is 0.342 e. The second-order valence-electron chi connectivity index (χ2n) is 5.25. The molecule has 18 heavy (non-hydrogen) atoms. The maximum Gasteiger partial charge on any atom is 0.236 e. The van der Waals surface area contributed by atoms with E-state index < -0.39 is 0 Å². The minimum absolute atomic E-state index is 0.265. The van der Waals surface area contributed by atoms with E-state index in [9.17, 15) is 4.79 Å². The molecule has 0 spiro atoms. The van der Waals surface area contributed by atoms with Crippen molar-refractivity contribution in [2.75, 3.05) is 39.3 Å². The number of amides is 1. The van der Waals surface area contributed by atoms with Gasteiger partial charge in [0.2, 0.25) is 5.91 Å². The topological polar surface area (TPSA) is 49.6 Å². The number of nitrogens with zero attached hydrogens (tertiary/aromatic N) is 2. The molecule has 0 radical (unpaired) electrons. The Morgan fingerprint density at radius 3 is 2.44 bits per heavy atom. The molecule has 2 atom stereocenters. The lowest BCUT2D eigenvalue weighted by molar-refractivity contribution is -0.132. The van der Waals surface area contributed by atoms with Crippen molar-refractivity contribution in [3.8, 4) is 0 Å². The molecule has 0 saturated carbocycles. The Kier molecular flexibility index (Phi) is 6.65. The van der Waals surface area contributed by atoms with E-state index in [1.165, 1.54) is 0 Å². The second-order valence-corrected chi connectivity index (χ2v) is 5.25. The molecule has 1 aliphatic heterocycles. The highest BCUT2D eigenvalue weighted by Gasteiger charge is 2.28. The van der Waals surface area contributed by atoms with Gasteiger partial charge < -0.3 is 10.6 Å². The van der Waals surface area contributed by atoms with Crippen molar-refractivity contribution < 1.29 is 4.79 Å². The van der Waals surface area contributed by atoms with E-state index >= 15 is 0 Å². The van der Waals surface area contributed by atoms with Gasteiger partial charge in [0.1, 0.15) is 0 Å². The lowest BCUT2D eigenvalue weighted by Crippen LogP contribution is -2.47. The summed E-state index contributed by atoms with van der Waals surface area (Å²) < 4.78 is 0. The number of rotatable bonds is 6. The molecule has 106 valence electrons. The highest BCUT2D eigenvalue weighted by molar-refractivity contribution is 5.78. The molecular weight excluding hydrogens is 226 g/mol. The van der Waals surface area contributed by atoms with Gasteiger partial charge in [-0.15, -0.1) is 0 Å². The molecule has 1 heterocycles. The van der Waals surface area contributed by atoms with Gasteiger partial charge in [-0.25, -0.2) is 0 Å². The lowest BCUT2D eigenvalue weighted by Gasteiger charge is -2.38. The van der Waals surface area contributed by atoms with Gasteiger partial charge in [0, 0.05) is 19.6 Å². The van der Waals surface area contributed by atoms with Crippen LogP contribution in [0.2, 0.25) is 0 Å². The molecular formula is C14H29N3O. The fraction of sp³-hybridized carbons (Fsp3) is 0.929. The van der Waals surface area contributed by atoms with Gasteiger partial charge in [0.25, 0.3) is 0 Å². The standard InChI is InChI=1S/C14H29N3O/c1-4-12-10-16(8-7-13(12)9-15)11-14(18)17(5-2)6-3/h12-13H,4-11,15H2,1-3H3. The molecule has 4 nitrogen and oxygen atoms in total. The van der Waals surface area contributed by atoms with Crippen LogP contribution in [0.4, 0.5) is 0 Å². The van der Waals surface area contributed by atoms with Crippen LogP contribution in [0.5, 0.6) is 0 Å². The van der Waals surface area contributed by atoms with Gasteiger partial charge in [0.05, 0.1) is 6.54 Å². The number of piperidine rings is 1. The highest BCUT2D eigenvalue weighted by atomic mass is 16.2. The van der Waals surface area contributed by atoms with E-state index in [1.807, 2.05) is 18.7 Å². The van der Waals surface area contributed by atoms with Crippen LogP contribution in [0.1, 0.15) is 33.6 Å². The quantitative estimate of drug-likeness (QED) is 0.775. The minimum atomic E-state index is 0.265. The van der Waals surface area contributed by atoms with E-state index in [4.69, 9.17) is 5.73 Å². The van der Waals surface area contributed by atoms with Crippen molar-refractivity contribution >= 4 is 5.91 Å². The zero-order valence-corrected chi connectivity index (χ0v) is 12.2. The zero-order chi connectivity index (χ0) is 13.5. The van der Waals surface area contributed by atoms with Crippen molar-refractivity contribution in [3.05, 3.63) is 0 Å². The number of hydrogen-bond acceptors (Lipinski definition) is 3. The van der Waals surface area contributed by atoms with E-state index in [1.54, 1.807) is 0 Å². The van der Waals surface area contributed by atoms with Gasteiger partial charge >= 0.3 is 0 Å². The SMILES string of the molecule is CCC1CN(CC(=O)N(CC)CC)CCC1CN. The average Bonchev–Trinajstić information content (AvgIpc) is 2.40. The van der Waals surface area contributed by atoms with Crippen LogP contribution in [0.3, 0.4) is 0 Å². The summed E-state index contributed by atoms with van der Waals surface area (Å²) in [7, 11) is 0. The third-order valence-corrected chi connectivity index (χ3v) is 4.28. The molecule has 1 rings (SSSR count). The summed E-state index contributed by atoms with van der Waals surface area (Å²) in [5, 5.41) is 0. The van der Waals surface area contributed by atoms with Crippen molar-refractivity contribution in [1.82, 2.24) is 9.80 Å². The number of likely N-dealkylation sites (N-methyl/N-ethyl adjacent to an activating group) is 1. The van der Waals surface area contributed by atoms with Gasteiger partial charge in [-0.3, -0.25) is 9.69 Å². The number of nitrogens with two attached hydrogens (primary N) is 1. The molecule has 0 aromatic rings. The first kappa shape index (κ1) is 15.4. The Hall–Kier alpha value is -0.610. The van der Waals surface area contributed by atoms with Crippen LogP contribution < -0.4 is 5.73 Å². The smallest absolute Gasteiger partial charge is 0.236 e. The Bertz CT molecular complexity index is 253. The normalized spacial score (nSPS) is 25.1. The molecule has 0 bridgehead atoms. The summed E-state index contributed by atoms with van der Waals surface area (Å²) in [6.45, 7) is 11.3. The van der Waals surface area contributed by atoms with Crippen molar-refractivity contribution in [1.29, 1.82) is 0 Å². The second kappa shape index (κ2) is 7.74. The van der Waals surface area contributed by atoms with Crippen molar-refractivity contribution in [2.45, 2.75) is 33.6 Å². The third kappa shape index (κ3) is 3.95. The summed E-state index contributed by atoms with van der Waals surface area (Å²) in [5.74, 6) is 1.57. The number of carbonyl (C=O) groups is 1. The fourth-order valence-corrected chi connectivity index (χ4v) is 2.94. The Morgan fingerprint density at radius 2 is 1.94 bits per heavy atom. The highest BCUT2D eigenvalue weighted by Crippen LogP contribution is 2.25.